The molecule has 0 amide bonds. The monoisotopic (exact) mass is 254 g/mol. The Bertz CT molecular complexity index is 382. The average Bonchev–Trinajstić information content (AvgIpc) is 2.35. The van der Waals surface area contributed by atoms with Crippen LogP contribution in [0, 0.1) is 0 Å². The molecule has 0 saturated heterocycles. The normalized spacial score (nSPS) is 13.8. The predicted octanol–water partition coefficient (Wildman–Crippen LogP) is 1.49. The summed E-state index contributed by atoms with van der Waals surface area (Å²) in [6.45, 7) is 4.26. The zero-order valence-corrected chi connectivity index (χ0v) is 11.4. The lowest BCUT2D eigenvalue weighted by atomic mass is 10.0. The van der Waals surface area contributed by atoms with Crippen LogP contribution in [0.15, 0.2) is 6.33 Å². The summed E-state index contributed by atoms with van der Waals surface area (Å²) >= 11 is 0. The second kappa shape index (κ2) is 6.39. The van der Waals surface area contributed by atoms with Crippen molar-refractivity contribution in [1.29, 1.82) is 0 Å². The highest BCUT2D eigenvalue weighted by molar-refractivity contribution is 5.63. The van der Waals surface area contributed by atoms with Crippen molar-refractivity contribution in [2.75, 3.05) is 31.3 Å². The van der Waals surface area contributed by atoms with Gasteiger partial charge in [0, 0.05) is 13.6 Å². The molecule has 0 aliphatic heterocycles. The van der Waals surface area contributed by atoms with Crippen molar-refractivity contribution in [2.24, 2.45) is 0 Å². The summed E-state index contributed by atoms with van der Waals surface area (Å²) in [7, 11) is 3.33. The van der Waals surface area contributed by atoms with Crippen LogP contribution in [0.1, 0.15) is 26.7 Å². The molecular formula is C12H22N4O2. The van der Waals surface area contributed by atoms with E-state index in [-0.39, 0.29) is 0 Å². The van der Waals surface area contributed by atoms with E-state index in [9.17, 15) is 5.11 Å². The van der Waals surface area contributed by atoms with E-state index in [4.69, 9.17) is 4.74 Å². The lowest BCUT2D eigenvalue weighted by Crippen LogP contribution is -2.33. The van der Waals surface area contributed by atoms with Crippen molar-refractivity contribution in [3.05, 3.63) is 6.33 Å². The van der Waals surface area contributed by atoms with Crippen molar-refractivity contribution in [3.63, 3.8) is 0 Å². The molecule has 1 rings (SSSR count). The van der Waals surface area contributed by atoms with Crippen LogP contribution in [0.3, 0.4) is 0 Å². The summed E-state index contributed by atoms with van der Waals surface area (Å²) in [6, 6.07) is 0. The molecule has 0 aliphatic rings. The molecule has 1 heterocycles. The van der Waals surface area contributed by atoms with Crippen molar-refractivity contribution >= 4 is 11.6 Å². The highest BCUT2D eigenvalue weighted by Crippen LogP contribution is 2.28. The third-order valence-corrected chi connectivity index (χ3v) is 2.67. The first-order valence-electron chi connectivity index (χ1n) is 6.07. The minimum Gasteiger partial charge on any atom is -0.490 e. The summed E-state index contributed by atoms with van der Waals surface area (Å²) in [5, 5.41) is 16.1. The zero-order chi connectivity index (χ0) is 13.6. The van der Waals surface area contributed by atoms with E-state index in [1.807, 2.05) is 6.92 Å². The number of aliphatic hydroxyl groups is 1. The standard InChI is InChI=1S/C12H22N4O2/c1-5-6-12(2,17)7-14-11-9(18-4)10(13-3)15-8-16-11/h8,17H,5-7H2,1-4H3,(H2,13,14,15,16). The summed E-state index contributed by atoms with van der Waals surface area (Å²) < 4.78 is 5.26. The van der Waals surface area contributed by atoms with Crippen molar-refractivity contribution in [1.82, 2.24) is 9.97 Å². The molecule has 0 bridgehead atoms. The molecule has 1 unspecified atom stereocenters. The minimum atomic E-state index is -0.759. The Labute approximate surface area is 108 Å². The number of rotatable bonds is 7. The van der Waals surface area contributed by atoms with Gasteiger partial charge in [-0.05, 0) is 13.3 Å². The third-order valence-electron chi connectivity index (χ3n) is 2.67. The van der Waals surface area contributed by atoms with E-state index >= 15 is 0 Å². The van der Waals surface area contributed by atoms with Crippen molar-refractivity contribution < 1.29 is 9.84 Å². The molecule has 0 aliphatic carbocycles. The fourth-order valence-corrected chi connectivity index (χ4v) is 1.77. The molecule has 0 radical (unpaired) electrons. The molecule has 1 atom stereocenters. The number of methoxy groups -OCH3 is 1. The fraction of sp³-hybridized carbons (Fsp3) is 0.667. The van der Waals surface area contributed by atoms with E-state index in [1.165, 1.54) is 6.33 Å². The number of anilines is 2. The number of hydrogen-bond acceptors (Lipinski definition) is 6. The van der Waals surface area contributed by atoms with Gasteiger partial charge in [0.25, 0.3) is 0 Å². The smallest absolute Gasteiger partial charge is 0.204 e. The van der Waals surface area contributed by atoms with Crippen LogP contribution in [0.4, 0.5) is 11.6 Å². The molecule has 3 N–H and O–H groups in total. The van der Waals surface area contributed by atoms with E-state index in [2.05, 4.69) is 20.6 Å². The molecule has 1 aromatic rings. The first-order chi connectivity index (χ1) is 8.54. The highest BCUT2D eigenvalue weighted by Gasteiger charge is 2.20. The van der Waals surface area contributed by atoms with Crippen LogP contribution in [0.2, 0.25) is 0 Å². The lowest BCUT2D eigenvalue weighted by molar-refractivity contribution is 0.0635. The molecule has 18 heavy (non-hydrogen) atoms. The van der Waals surface area contributed by atoms with Crippen LogP contribution in [0.25, 0.3) is 0 Å². The molecule has 0 saturated carbocycles. The van der Waals surface area contributed by atoms with E-state index in [0.717, 1.165) is 12.8 Å². The molecule has 0 spiro atoms. The topological polar surface area (TPSA) is 79.3 Å². The van der Waals surface area contributed by atoms with Gasteiger partial charge in [-0.2, -0.15) is 0 Å². The van der Waals surface area contributed by atoms with Gasteiger partial charge < -0.3 is 20.5 Å². The summed E-state index contributed by atoms with van der Waals surface area (Å²) in [4.78, 5) is 8.18. The zero-order valence-electron chi connectivity index (χ0n) is 11.4. The van der Waals surface area contributed by atoms with Crippen molar-refractivity contribution in [2.45, 2.75) is 32.3 Å². The molecule has 0 aromatic carbocycles. The number of nitrogens with one attached hydrogen (secondary N) is 2. The van der Waals surface area contributed by atoms with Gasteiger partial charge in [0.2, 0.25) is 5.75 Å². The Kier molecular flexibility index (Phi) is 5.15. The number of aromatic nitrogens is 2. The van der Waals surface area contributed by atoms with Crippen LogP contribution in [-0.2, 0) is 0 Å². The fourth-order valence-electron chi connectivity index (χ4n) is 1.77. The van der Waals surface area contributed by atoms with Crippen LogP contribution < -0.4 is 15.4 Å². The van der Waals surface area contributed by atoms with Gasteiger partial charge >= 0.3 is 0 Å². The second-order valence-electron chi connectivity index (χ2n) is 4.45. The van der Waals surface area contributed by atoms with E-state index in [1.54, 1.807) is 21.1 Å². The van der Waals surface area contributed by atoms with Gasteiger partial charge in [-0.15, -0.1) is 0 Å². The molecule has 0 fully saturated rings. The Hall–Kier alpha value is -1.56. The number of ether oxygens (including phenoxy) is 1. The maximum Gasteiger partial charge on any atom is 0.204 e. The maximum absolute atomic E-state index is 10.1. The third kappa shape index (κ3) is 3.73. The molecule has 6 nitrogen and oxygen atoms in total. The van der Waals surface area contributed by atoms with Gasteiger partial charge in [-0.25, -0.2) is 9.97 Å². The number of hydrogen-bond donors (Lipinski definition) is 3. The SMILES string of the molecule is CCCC(C)(O)CNc1ncnc(NC)c1OC. The first-order valence-corrected chi connectivity index (χ1v) is 6.07. The molecule has 1 aromatic heterocycles. The van der Waals surface area contributed by atoms with Gasteiger partial charge in [0.05, 0.1) is 12.7 Å². The second-order valence-corrected chi connectivity index (χ2v) is 4.45. The van der Waals surface area contributed by atoms with Gasteiger partial charge in [0.1, 0.15) is 6.33 Å². The van der Waals surface area contributed by atoms with Crippen LogP contribution in [-0.4, -0.2) is 41.4 Å². The summed E-state index contributed by atoms with van der Waals surface area (Å²) in [6.07, 6.45) is 3.11. The molecular weight excluding hydrogens is 232 g/mol. The van der Waals surface area contributed by atoms with Crippen LogP contribution >= 0.6 is 0 Å². The Morgan fingerprint density at radius 3 is 2.61 bits per heavy atom. The Morgan fingerprint density at radius 2 is 2.06 bits per heavy atom. The lowest BCUT2D eigenvalue weighted by Gasteiger charge is -2.24. The van der Waals surface area contributed by atoms with E-state index < -0.39 is 5.60 Å². The number of nitrogens with zero attached hydrogens (tertiary/aromatic N) is 2. The van der Waals surface area contributed by atoms with Gasteiger partial charge in [0.15, 0.2) is 11.6 Å². The van der Waals surface area contributed by atoms with Gasteiger partial charge in [-0.1, -0.05) is 13.3 Å². The van der Waals surface area contributed by atoms with Gasteiger partial charge in [-0.3, -0.25) is 0 Å². The van der Waals surface area contributed by atoms with Crippen molar-refractivity contribution in [3.8, 4) is 5.75 Å². The first kappa shape index (κ1) is 14.5. The largest absolute Gasteiger partial charge is 0.490 e. The summed E-state index contributed by atoms with van der Waals surface area (Å²) in [5.74, 6) is 1.74. The highest BCUT2D eigenvalue weighted by atomic mass is 16.5. The average molecular weight is 254 g/mol. The predicted molar refractivity (Wildman–Crippen MR) is 72.2 cm³/mol. The van der Waals surface area contributed by atoms with E-state index in [0.29, 0.717) is 23.9 Å². The molecule has 6 heteroatoms. The maximum atomic E-state index is 10.1. The molecule has 102 valence electrons. The van der Waals surface area contributed by atoms with Crippen LogP contribution in [0.5, 0.6) is 5.75 Å². The Morgan fingerprint density at radius 1 is 1.39 bits per heavy atom. The minimum absolute atomic E-state index is 0.414. The quantitative estimate of drug-likeness (QED) is 0.684. The summed E-state index contributed by atoms with van der Waals surface area (Å²) in [5.41, 5.74) is -0.759. The Balaban J connectivity index is 2.78.